The van der Waals surface area contributed by atoms with Crippen LogP contribution in [-0.2, 0) is 0 Å². The van der Waals surface area contributed by atoms with Crippen molar-refractivity contribution >= 4 is 27.0 Å². The molecule has 3 aromatic rings. The summed E-state index contributed by atoms with van der Waals surface area (Å²) in [6, 6.07) is 15.9. The van der Waals surface area contributed by atoms with E-state index in [-0.39, 0.29) is 0 Å². The van der Waals surface area contributed by atoms with Crippen LogP contribution in [0.5, 0.6) is 5.75 Å². The summed E-state index contributed by atoms with van der Waals surface area (Å²) in [6.45, 7) is 0.516. The van der Waals surface area contributed by atoms with Gasteiger partial charge in [-0.3, -0.25) is 0 Å². The lowest BCUT2D eigenvalue weighted by Crippen LogP contribution is -1.99. The fourth-order valence-electron chi connectivity index (χ4n) is 2.23. The lowest BCUT2D eigenvalue weighted by atomic mass is 10.2. The third-order valence-corrected chi connectivity index (χ3v) is 3.77. The first-order valence-corrected chi connectivity index (χ1v) is 7.81. The number of ether oxygens (including phenoxy) is 1. The van der Waals surface area contributed by atoms with Gasteiger partial charge in [-0.1, -0.05) is 28.1 Å². The zero-order valence-corrected chi connectivity index (χ0v) is 13.4. The molecule has 2 aromatic carbocycles. The Morgan fingerprint density at radius 2 is 2.09 bits per heavy atom. The molecule has 0 saturated heterocycles. The highest BCUT2D eigenvalue weighted by molar-refractivity contribution is 9.10. The lowest BCUT2D eigenvalue weighted by Gasteiger charge is -2.10. The topological polar surface area (TPSA) is 61.7 Å². The van der Waals surface area contributed by atoms with E-state index in [2.05, 4.69) is 32.0 Å². The standard InChI is InChI=1S/C17H14BrN3O/c18-12-7-8-16(22-10-4-3-9-19)13(11-12)17-20-14-5-1-2-6-15(14)21-17/h1-2,5-8,11H,3-4,10H2,(H,20,21). The van der Waals surface area contributed by atoms with E-state index in [1.54, 1.807) is 0 Å². The Hall–Kier alpha value is -2.32. The molecule has 0 amide bonds. The van der Waals surface area contributed by atoms with E-state index in [9.17, 15) is 0 Å². The molecule has 110 valence electrons. The number of aromatic amines is 1. The van der Waals surface area contributed by atoms with Crippen molar-refractivity contribution in [2.24, 2.45) is 0 Å². The minimum Gasteiger partial charge on any atom is -0.493 e. The van der Waals surface area contributed by atoms with Crippen molar-refractivity contribution in [1.82, 2.24) is 9.97 Å². The fourth-order valence-corrected chi connectivity index (χ4v) is 2.59. The predicted octanol–water partition coefficient (Wildman–Crippen LogP) is 4.67. The van der Waals surface area contributed by atoms with E-state index < -0.39 is 0 Å². The van der Waals surface area contributed by atoms with Gasteiger partial charge in [-0.2, -0.15) is 5.26 Å². The second-order valence-electron chi connectivity index (χ2n) is 4.85. The molecule has 1 heterocycles. The van der Waals surface area contributed by atoms with E-state index in [0.29, 0.717) is 19.4 Å². The first-order valence-electron chi connectivity index (χ1n) is 7.02. The minimum atomic E-state index is 0.497. The summed E-state index contributed by atoms with van der Waals surface area (Å²) < 4.78 is 6.78. The summed E-state index contributed by atoms with van der Waals surface area (Å²) in [5.74, 6) is 1.54. The smallest absolute Gasteiger partial charge is 0.142 e. The summed E-state index contributed by atoms with van der Waals surface area (Å²) >= 11 is 3.49. The number of para-hydroxylation sites is 2. The molecule has 0 radical (unpaired) electrons. The predicted molar refractivity (Wildman–Crippen MR) is 89.6 cm³/mol. The van der Waals surface area contributed by atoms with Gasteiger partial charge in [0.1, 0.15) is 11.6 Å². The SMILES string of the molecule is N#CCCCOc1ccc(Br)cc1-c1nc2ccccc2[nH]1. The second-order valence-corrected chi connectivity index (χ2v) is 5.77. The van der Waals surface area contributed by atoms with Crippen LogP contribution in [0.3, 0.4) is 0 Å². The van der Waals surface area contributed by atoms with Crippen molar-refractivity contribution in [2.45, 2.75) is 12.8 Å². The van der Waals surface area contributed by atoms with Gasteiger partial charge >= 0.3 is 0 Å². The van der Waals surface area contributed by atoms with Crippen molar-refractivity contribution in [3.63, 3.8) is 0 Å². The average Bonchev–Trinajstić information content (AvgIpc) is 2.96. The molecular formula is C17H14BrN3O. The maximum atomic E-state index is 8.59. The van der Waals surface area contributed by atoms with Gasteiger partial charge in [0.15, 0.2) is 0 Å². The molecule has 4 nitrogen and oxygen atoms in total. The van der Waals surface area contributed by atoms with Gasteiger partial charge in [0.05, 0.1) is 29.3 Å². The second kappa shape index (κ2) is 6.63. The Morgan fingerprint density at radius 3 is 2.91 bits per heavy atom. The van der Waals surface area contributed by atoms with Gasteiger partial charge in [-0.25, -0.2) is 4.98 Å². The third kappa shape index (κ3) is 3.12. The van der Waals surface area contributed by atoms with E-state index in [0.717, 1.165) is 32.6 Å². The summed E-state index contributed by atoms with van der Waals surface area (Å²) in [7, 11) is 0. The molecule has 0 spiro atoms. The first-order chi connectivity index (χ1) is 10.8. The highest BCUT2D eigenvalue weighted by Crippen LogP contribution is 2.32. The highest BCUT2D eigenvalue weighted by atomic mass is 79.9. The Morgan fingerprint density at radius 1 is 1.23 bits per heavy atom. The average molecular weight is 356 g/mol. The maximum Gasteiger partial charge on any atom is 0.142 e. The van der Waals surface area contributed by atoms with Crippen LogP contribution in [0.4, 0.5) is 0 Å². The molecule has 0 fully saturated rings. The van der Waals surface area contributed by atoms with Crippen molar-refractivity contribution in [3.05, 3.63) is 46.9 Å². The highest BCUT2D eigenvalue weighted by Gasteiger charge is 2.11. The van der Waals surface area contributed by atoms with Crippen LogP contribution in [0.15, 0.2) is 46.9 Å². The Bertz CT molecular complexity index is 802. The van der Waals surface area contributed by atoms with Gasteiger partial charge in [0, 0.05) is 10.9 Å². The third-order valence-electron chi connectivity index (χ3n) is 3.28. The first kappa shape index (κ1) is 14.6. The summed E-state index contributed by atoms with van der Waals surface area (Å²) in [5.41, 5.74) is 2.82. The largest absolute Gasteiger partial charge is 0.493 e. The fraction of sp³-hybridized carbons (Fsp3) is 0.176. The zero-order valence-electron chi connectivity index (χ0n) is 11.8. The molecule has 22 heavy (non-hydrogen) atoms. The van der Waals surface area contributed by atoms with Crippen LogP contribution in [0, 0.1) is 11.3 Å². The van der Waals surface area contributed by atoms with Crippen molar-refractivity contribution in [3.8, 4) is 23.2 Å². The molecule has 0 aliphatic heterocycles. The number of H-pyrrole nitrogens is 1. The minimum absolute atomic E-state index is 0.497. The number of nitrogens with one attached hydrogen (secondary N) is 1. The van der Waals surface area contributed by atoms with E-state index in [1.165, 1.54) is 0 Å². The Balaban J connectivity index is 1.94. The van der Waals surface area contributed by atoms with Gasteiger partial charge in [0.2, 0.25) is 0 Å². The van der Waals surface area contributed by atoms with Gasteiger partial charge in [-0.05, 0) is 36.8 Å². The summed E-state index contributed by atoms with van der Waals surface area (Å²) in [6.07, 6.45) is 1.21. The summed E-state index contributed by atoms with van der Waals surface area (Å²) in [4.78, 5) is 7.94. The molecule has 0 unspecified atom stereocenters. The number of imidazole rings is 1. The zero-order chi connectivity index (χ0) is 15.4. The number of nitrogens with zero attached hydrogens (tertiary/aromatic N) is 2. The van der Waals surface area contributed by atoms with E-state index >= 15 is 0 Å². The van der Waals surface area contributed by atoms with Crippen LogP contribution >= 0.6 is 15.9 Å². The lowest BCUT2D eigenvalue weighted by molar-refractivity contribution is 0.314. The molecule has 1 aromatic heterocycles. The summed E-state index contributed by atoms with van der Waals surface area (Å²) in [5, 5.41) is 8.59. The Labute approximate surface area is 136 Å². The molecule has 3 rings (SSSR count). The van der Waals surface area contributed by atoms with Crippen LogP contribution in [0.2, 0.25) is 0 Å². The van der Waals surface area contributed by atoms with Crippen molar-refractivity contribution in [2.75, 3.05) is 6.61 Å². The molecule has 0 aliphatic rings. The number of hydrogen-bond donors (Lipinski definition) is 1. The van der Waals surface area contributed by atoms with Crippen LogP contribution < -0.4 is 4.74 Å². The number of unbranched alkanes of at least 4 members (excludes halogenated alkanes) is 1. The van der Waals surface area contributed by atoms with Gasteiger partial charge in [-0.15, -0.1) is 0 Å². The number of aromatic nitrogens is 2. The van der Waals surface area contributed by atoms with E-state index in [1.807, 2.05) is 42.5 Å². The van der Waals surface area contributed by atoms with Crippen LogP contribution in [0.25, 0.3) is 22.4 Å². The van der Waals surface area contributed by atoms with Gasteiger partial charge in [0.25, 0.3) is 0 Å². The van der Waals surface area contributed by atoms with Crippen LogP contribution in [0.1, 0.15) is 12.8 Å². The monoisotopic (exact) mass is 355 g/mol. The number of rotatable bonds is 5. The van der Waals surface area contributed by atoms with Crippen LogP contribution in [-0.4, -0.2) is 16.6 Å². The quantitative estimate of drug-likeness (QED) is 0.676. The maximum absolute atomic E-state index is 8.59. The molecule has 0 saturated carbocycles. The van der Waals surface area contributed by atoms with E-state index in [4.69, 9.17) is 10.00 Å². The normalized spacial score (nSPS) is 10.5. The number of nitriles is 1. The molecule has 0 aliphatic carbocycles. The molecule has 5 heteroatoms. The number of fused-ring (bicyclic) bond motifs is 1. The van der Waals surface area contributed by atoms with Crippen molar-refractivity contribution in [1.29, 1.82) is 5.26 Å². The molecule has 0 atom stereocenters. The Kier molecular flexibility index (Phi) is 4.40. The number of hydrogen-bond acceptors (Lipinski definition) is 3. The van der Waals surface area contributed by atoms with Gasteiger partial charge < -0.3 is 9.72 Å². The molecule has 0 bridgehead atoms. The molecule has 1 N–H and O–H groups in total. The molecular weight excluding hydrogens is 342 g/mol. The van der Waals surface area contributed by atoms with Crippen molar-refractivity contribution < 1.29 is 4.74 Å². The number of benzene rings is 2. The number of halogens is 1.